The van der Waals surface area contributed by atoms with Gasteiger partial charge in [0.1, 0.15) is 0 Å². The third-order valence-electron chi connectivity index (χ3n) is 3.73. The molecule has 2 unspecified atom stereocenters. The van der Waals surface area contributed by atoms with Gasteiger partial charge in [-0.15, -0.1) is 0 Å². The van der Waals surface area contributed by atoms with Gasteiger partial charge in [-0.25, -0.2) is 0 Å². The van der Waals surface area contributed by atoms with E-state index in [1.807, 2.05) is 12.1 Å². The number of nitrogens with one attached hydrogen (secondary N) is 1. The number of nitrogens with zero attached hydrogens (tertiary/aromatic N) is 2. The summed E-state index contributed by atoms with van der Waals surface area (Å²) >= 11 is 12.2. The zero-order valence-electron chi connectivity index (χ0n) is 10.2. The molecular weight excluding hydrogens is 269 g/mol. The molecule has 3 nitrogen and oxygen atoms in total. The normalized spacial score (nSPS) is 27.6. The molecule has 0 amide bonds. The van der Waals surface area contributed by atoms with E-state index in [1.54, 1.807) is 6.07 Å². The molecule has 18 heavy (non-hydrogen) atoms. The molecule has 2 aliphatic rings. The largest absolute Gasteiger partial charge is 0.305 e. The predicted molar refractivity (Wildman–Crippen MR) is 75.4 cm³/mol. The Balaban J connectivity index is 1.89. The fourth-order valence-corrected chi connectivity index (χ4v) is 3.27. The van der Waals surface area contributed by atoms with Crippen LogP contribution in [0.15, 0.2) is 23.3 Å². The lowest BCUT2D eigenvalue weighted by molar-refractivity contribution is 0.272. The number of rotatable bonds is 1. The first kappa shape index (κ1) is 12.3. The van der Waals surface area contributed by atoms with E-state index in [9.17, 15) is 0 Å². The van der Waals surface area contributed by atoms with Crippen molar-refractivity contribution in [3.63, 3.8) is 0 Å². The number of piperidine rings is 1. The van der Waals surface area contributed by atoms with Crippen LogP contribution in [0.1, 0.15) is 18.0 Å². The summed E-state index contributed by atoms with van der Waals surface area (Å²) < 4.78 is 0. The highest BCUT2D eigenvalue weighted by molar-refractivity contribution is 6.35. The Hall–Kier alpha value is -0.770. The lowest BCUT2D eigenvalue weighted by atomic mass is 9.86. The van der Waals surface area contributed by atoms with Crippen LogP contribution in [0.2, 0.25) is 10.0 Å². The highest BCUT2D eigenvalue weighted by Crippen LogP contribution is 2.36. The molecule has 1 fully saturated rings. The Morgan fingerprint density at radius 3 is 3.00 bits per heavy atom. The molecule has 1 aromatic rings. The molecule has 0 bridgehead atoms. The molecule has 1 saturated heterocycles. The number of hydrogen-bond donors (Lipinski definition) is 1. The Kier molecular flexibility index (Phi) is 3.22. The van der Waals surface area contributed by atoms with Crippen molar-refractivity contribution < 1.29 is 0 Å². The van der Waals surface area contributed by atoms with Crippen molar-refractivity contribution in [2.45, 2.75) is 12.5 Å². The summed E-state index contributed by atoms with van der Waals surface area (Å²) in [7, 11) is 2.15. The van der Waals surface area contributed by atoms with E-state index in [0.29, 0.717) is 16.0 Å². The maximum absolute atomic E-state index is 6.29. The number of hydrogen-bond acceptors (Lipinski definition) is 3. The van der Waals surface area contributed by atoms with Crippen LogP contribution in [-0.4, -0.2) is 30.7 Å². The average Bonchev–Trinajstić information content (AvgIpc) is 2.72. The molecule has 3 rings (SSSR count). The smallest absolute Gasteiger partial charge is 0.0797 e. The molecule has 2 atom stereocenters. The van der Waals surface area contributed by atoms with E-state index in [-0.39, 0.29) is 6.04 Å². The molecule has 0 aliphatic carbocycles. The summed E-state index contributed by atoms with van der Waals surface area (Å²) in [4.78, 5) is 2.34. The summed E-state index contributed by atoms with van der Waals surface area (Å²) in [5, 5.41) is 5.84. The van der Waals surface area contributed by atoms with Crippen molar-refractivity contribution in [2.24, 2.45) is 11.0 Å². The van der Waals surface area contributed by atoms with Crippen LogP contribution in [0.3, 0.4) is 0 Å². The Labute approximate surface area is 117 Å². The first-order chi connectivity index (χ1) is 8.65. The van der Waals surface area contributed by atoms with E-state index in [0.717, 1.165) is 25.1 Å². The lowest BCUT2D eigenvalue weighted by Crippen LogP contribution is -2.39. The first-order valence-corrected chi connectivity index (χ1v) is 6.86. The van der Waals surface area contributed by atoms with Gasteiger partial charge >= 0.3 is 0 Å². The fraction of sp³-hybridized carbons (Fsp3) is 0.462. The zero-order valence-corrected chi connectivity index (χ0v) is 11.7. The number of fused-ring (bicyclic) bond motifs is 1. The molecule has 2 aliphatic heterocycles. The van der Waals surface area contributed by atoms with Gasteiger partial charge < -0.3 is 10.3 Å². The quantitative estimate of drug-likeness (QED) is 0.858. The van der Waals surface area contributed by atoms with Crippen LogP contribution in [0.4, 0.5) is 0 Å². The summed E-state index contributed by atoms with van der Waals surface area (Å²) in [6.07, 6.45) is 1.04. The zero-order chi connectivity index (χ0) is 12.7. The van der Waals surface area contributed by atoms with Gasteiger partial charge in [0.25, 0.3) is 0 Å². The van der Waals surface area contributed by atoms with Crippen LogP contribution < -0.4 is 5.43 Å². The summed E-state index contributed by atoms with van der Waals surface area (Å²) in [6.45, 7) is 2.10. The van der Waals surface area contributed by atoms with Gasteiger partial charge in [-0.3, -0.25) is 0 Å². The Bertz CT molecular complexity index is 501. The maximum atomic E-state index is 6.29. The van der Waals surface area contributed by atoms with Gasteiger partial charge in [-0.2, -0.15) is 5.10 Å². The fourth-order valence-electron chi connectivity index (χ4n) is 2.74. The number of benzene rings is 1. The standard InChI is InChI=1S/C13H15Cl2N3/c1-18-5-4-12-10(7-18)13(17-16-12)9-3-2-8(14)6-11(9)15/h2-3,6,10,13,17H,4-5,7H2,1H3. The highest BCUT2D eigenvalue weighted by atomic mass is 35.5. The molecule has 0 radical (unpaired) electrons. The molecule has 0 saturated carbocycles. The minimum absolute atomic E-state index is 0.174. The minimum atomic E-state index is 0.174. The topological polar surface area (TPSA) is 27.6 Å². The van der Waals surface area contributed by atoms with Gasteiger partial charge in [-0.05, 0) is 24.7 Å². The van der Waals surface area contributed by atoms with E-state index < -0.39 is 0 Å². The number of hydrazone groups is 1. The minimum Gasteiger partial charge on any atom is -0.305 e. The molecule has 0 spiro atoms. The molecular formula is C13H15Cl2N3. The van der Waals surface area contributed by atoms with Crippen molar-refractivity contribution in [3.05, 3.63) is 33.8 Å². The van der Waals surface area contributed by atoms with Gasteiger partial charge in [-0.1, -0.05) is 29.3 Å². The number of halogens is 2. The second-order valence-electron chi connectivity index (χ2n) is 4.99. The van der Waals surface area contributed by atoms with Crippen LogP contribution >= 0.6 is 23.2 Å². The second kappa shape index (κ2) is 4.72. The van der Waals surface area contributed by atoms with Crippen molar-refractivity contribution in [2.75, 3.05) is 20.1 Å². The van der Waals surface area contributed by atoms with Gasteiger partial charge in [0.2, 0.25) is 0 Å². The predicted octanol–water partition coefficient (Wildman–Crippen LogP) is 2.95. The van der Waals surface area contributed by atoms with Crippen LogP contribution in [-0.2, 0) is 0 Å². The van der Waals surface area contributed by atoms with E-state index in [4.69, 9.17) is 23.2 Å². The van der Waals surface area contributed by atoms with Crippen LogP contribution in [0.25, 0.3) is 0 Å². The van der Waals surface area contributed by atoms with Crippen molar-refractivity contribution in [3.8, 4) is 0 Å². The average molecular weight is 284 g/mol. The SMILES string of the molecule is CN1CCC2=NNC(c3ccc(Cl)cc3Cl)C2C1. The van der Waals surface area contributed by atoms with Crippen molar-refractivity contribution >= 4 is 28.9 Å². The van der Waals surface area contributed by atoms with Gasteiger partial charge in [0, 0.05) is 41.2 Å². The molecule has 2 heterocycles. The van der Waals surface area contributed by atoms with Gasteiger partial charge in [0.15, 0.2) is 0 Å². The molecule has 5 heteroatoms. The third kappa shape index (κ3) is 2.11. The monoisotopic (exact) mass is 283 g/mol. The van der Waals surface area contributed by atoms with E-state index in [1.165, 1.54) is 5.71 Å². The molecule has 96 valence electrons. The summed E-state index contributed by atoms with van der Waals surface area (Å²) in [5.74, 6) is 0.419. The maximum Gasteiger partial charge on any atom is 0.0797 e. The summed E-state index contributed by atoms with van der Waals surface area (Å²) in [5.41, 5.74) is 5.58. The Morgan fingerprint density at radius 1 is 1.39 bits per heavy atom. The van der Waals surface area contributed by atoms with Crippen molar-refractivity contribution in [1.82, 2.24) is 10.3 Å². The van der Waals surface area contributed by atoms with E-state index >= 15 is 0 Å². The van der Waals surface area contributed by atoms with Crippen molar-refractivity contribution in [1.29, 1.82) is 0 Å². The molecule has 1 aromatic carbocycles. The molecule has 1 N–H and O–H groups in total. The van der Waals surface area contributed by atoms with Crippen LogP contribution in [0, 0.1) is 5.92 Å². The summed E-state index contributed by atoms with van der Waals surface area (Å²) in [6, 6.07) is 5.85. The van der Waals surface area contributed by atoms with Crippen LogP contribution in [0.5, 0.6) is 0 Å². The first-order valence-electron chi connectivity index (χ1n) is 6.10. The second-order valence-corrected chi connectivity index (χ2v) is 5.84. The number of likely N-dealkylation sites (tertiary alicyclic amines) is 1. The highest BCUT2D eigenvalue weighted by Gasteiger charge is 2.36. The third-order valence-corrected chi connectivity index (χ3v) is 4.30. The van der Waals surface area contributed by atoms with Gasteiger partial charge in [0.05, 0.1) is 6.04 Å². The lowest BCUT2D eigenvalue weighted by Gasteiger charge is -2.31. The van der Waals surface area contributed by atoms with E-state index in [2.05, 4.69) is 22.5 Å². The molecule has 0 aromatic heterocycles. The Morgan fingerprint density at radius 2 is 2.22 bits per heavy atom.